The molecule has 2 amide bonds. The molecule has 1 heterocycles. The third-order valence-electron chi connectivity index (χ3n) is 6.04. The number of nitrogens with zero attached hydrogens (tertiary/aromatic N) is 1. The van der Waals surface area contributed by atoms with Gasteiger partial charge < -0.3 is 20.1 Å². The largest absolute Gasteiger partial charge is 0.484 e. The lowest BCUT2D eigenvalue weighted by molar-refractivity contribution is -0.139. The third-order valence-corrected chi connectivity index (χ3v) is 6.34. The van der Waals surface area contributed by atoms with Crippen LogP contribution in [0.15, 0.2) is 36.5 Å². The van der Waals surface area contributed by atoms with Crippen LogP contribution in [0.4, 0.5) is 13.2 Å². The van der Waals surface area contributed by atoms with Crippen LogP contribution in [0.25, 0.3) is 0 Å². The van der Waals surface area contributed by atoms with Crippen molar-refractivity contribution < 1.29 is 32.2 Å². The molecule has 11 heteroatoms. The average Bonchev–Trinajstić information content (AvgIpc) is 3.30. The molecule has 0 radical (unpaired) electrons. The highest BCUT2D eigenvalue weighted by atomic mass is 35.5. The summed E-state index contributed by atoms with van der Waals surface area (Å²) in [5.41, 5.74) is -0.490. The van der Waals surface area contributed by atoms with Gasteiger partial charge in [-0.1, -0.05) is 11.6 Å². The molecule has 1 aromatic carbocycles. The van der Waals surface area contributed by atoms with E-state index >= 15 is 0 Å². The molecular weight excluding hydrogens is 463 g/mol. The van der Waals surface area contributed by atoms with Crippen LogP contribution >= 0.6 is 11.6 Å². The lowest BCUT2D eigenvalue weighted by atomic mass is 9.64. The van der Waals surface area contributed by atoms with Crippen molar-refractivity contribution in [2.24, 2.45) is 5.41 Å². The lowest BCUT2D eigenvalue weighted by Crippen LogP contribution is -2.60. The number of halogens is 4. The highest BCUT2D eigenvalue weighted by Gasteiger charge is 2.64. The Morgan fingerprint density at radius 2 is 1.91 bits per heavy atom. The van der Waals surface area contributed by atoms with Gasteiger partial charge in [0.1, 0.15) is 17.3 Å². The van der Waals surface area contributed by atoms with Gasteiger partial charge in [0, 0.05) is 11.6 Å². The first-order valence-corrected chi connectivity index (χ1v) is 10.6. The van der Waals surface area contributed by atoms with Gasteiger partial charge in [-0.25, -0.2) is 4.39 Å². The number of aromatic nitrogens is 1. The second-order valence-corrected chi connectivity index (χ2v) is 8.78. The van der Waals surface area contributed by atoms with Crippen molar-refractivity contribution in [2.45, 2.75) is 44.4 Å². The van der Waals surface area contributed by atoms with E-state index in [9.17, 15) is 22.8 Å². The van der Waals surface area contributed by atoms with Crippen LogP contribution in [0.5, 0.6) is 11.5 Å². The maximum absolute atomic E-state index is 13.5. The van der Waals surface area contributed by atoms with E-state index in [0.717, 1.165) is 6.07 Å². The van der Waals surface area contributed by atoms with Crippen LogP contribution in [0.3, 0.4) is 0 Å². The summed E-state index contributed by atoms with van der Waals surface area (Å²) >= 11 is 5.62. The second kappa shape index (κ2) is 9.09. The Balaban J connectivity index is 1.23. The van der Waals surface area contributed by atoms with Gasteiger partial charge in [-0.05, 0) is 49.9 Å². The number of alkyl halides is 2. The minimum Gasteiger partial charge on any atom is -0.484 e. The van der Waals surface area contributed by atoms with Crippen LogP contribution in [0, 0.1) is 11.2 Å². The maximum Gasteiger partial charge on any atom is 0.387 e. The Hall–Kier alpha value is -3.01. The number of fused-ring (bicyclic) bond motifs is 1. The summed E-state index contributed by atoms with van der Waals surface area (Å²) < 4.78 is 47.4. The fraction of sp³-hybridized carbons (Fsp3) is 0.409. The molecule has 0 spiro atoms. The van der Waals surface area contributed by atoms with Gasteiger partial charge >= 0.3 is 6.61 Å². The van der Waals surface area contributed by atoms with Crippen LogP contribution in [0.2, 0.25) is 5.02 Å². The number of benzene rings is 1. The van der Waals surface area contributed by atoms with Crippen LogP contribution in [-0.4, -0.2) is 35.6 Å². The standard InChI is InChI=1S/C22H21ClF3N3O4/c23-16-4-3-14(7-17(16)24)32-10-18(30)29-22-6-5-21(11-22,12-22)19(31)28-8-13-1-2-15(9-27-13)33-20(25)26/h1-4,7,9,20H,5-6,8,10-12H2,(H,28,31)(H,29,30). The molecule has 3 aliphatic carbocycles. The molecule has 33 heavy (non-hydrogen) atoms. The van der Waals surface area contributed by atoms with Crippen LogP contribution < -0.4 is 20.1 Å². The molecule has 2 N–H and O–H groups in total. The Morgan fingerprint density at radius 1 is 1.15 bits per heavy atom. The van der Waals surface area contributed by atoms with Gasteiger partial charge in [-0.15, -0.1) is 0 Å². The highest BCUT2D eigenvalue weighted by molar-refractivity contribution is 6.30. The van der Waals surface area contributed by atoms with Crippen molar-refractivity contribution in [1.82, 2.24) is 15.6 Å². The molecular formula is C22H21ClF3N3O4. The molecule has 2 aromatic rings. The van der Waals surface area contributed by atoms with Gasteiger partial charge in [0.25, 0.3) is 5.91 Å². The predicted octanol–water partition coefficient (Wildman–Crippen LogP) is 3.60. The third kappa shape index (κ3) is 5.16. The van der Waals surface area contributed by atoms with Gasteiger partial charge in [0.05, 0.1) is 28.9 Å². The summed E-state index contributed by atoms with van der Waals surface area (Å²) in [7, 11) is 0. The van der Waals surface area contributed by atoms with Crippen molar-refractivity contribution in [3.63, 3.8) is 0 Å². The van der Waals surface area contributed by atoms with Gasteiger partial charge in [0.15, 0.2) is 6.61 Å². The summed E-state index contributed by atoms with van der Waals surface area (Å²) in [4.78, 5) is 29.1. The molecule has 176 valence electrons. The topological polar surface area (TPSA) is 89.5 Å². The zero-order valence-electron chi connectivity index (χ0n) is 17.4. The van der Waals surface area contributed by atoms with E-state index in [-0.39, 0.29) is 41.5 Å². The Morgan fingerprint density at radius 3 is 2.58 bits per heavy atom. The number of pyridine rings is 1. The molecule has 7 nitrogen and oxygen atoms in total. The fourth-order valence-electron chi connectivity index (χ4n) is 4.59. The minimum absolute atomic E-state index is 0.0331. The quantitative estimate of drug-likeness (QED) is 0.569. The predicted molar refractivity (Wildman–Crippen MR) is 111 cm³/mol. The van der Waals surface area contributed by atoms with Crippen molar-refractivity contribution in [1.29, 1.82) is 0 Å². The first-order chi connectivity index (χ1) is 15.7. The fourth-order valence-corrected chi connectivity index (χ4v) is 4.71. The number of nitrogens with one attached hydrogen (secondary N) is 2. The smallest absolute Gasteiger partial charge is 0.387 e. The van der Waals surface area contributed by atoms with Gasteiger partial charge in [-0.3, -0.25) is 14.6 Å². The first-order valence-electron chi connectivity index (χ1n) is 10.3. The summed E-state index contributed by atoms with van der Waals surface area (Å²) in [5.74, 6) is -0.977. The SMILES string of the molecule is O=C(COc1ccc(Cl)c(F)c1)NC12CCC(C(=O)NCc3ccc(OC(F)F)cn3)(C1)C2. The molecule has 3 fully saturated rings. The van der Waals surface area contributed by atoms with Crippen molar-refractivity contribution >= 4 is 23.4 Å². The monoisotopic (exact) mass is 483 g/mol. The molecule has 1 aromatic heterocycles. The molecule has 2 bridgehead atoms. The highest BCUT2D eigenvalue weighted by Crippen LogP contribution is 2.61. The molecule has 3 aliphatic rings. The van der Waals surface area contributed by atoms with E-state index < -0.39 is 23.4 Å². The zero-order valence-corrected chi connectivity index (χ0v) is 18.1. The minimum atomic E-state index is -2.93. The number of amides is 2. The molecule has 3 saturated carbocycles. The molecule has 5 rings (SSSR count). The molecule has 0 saturated heterocycles. The number of carbonyl (C=O) groups excluding carboxylic acids is 2. The molecule has 0 unspecified atom stereocenters. The van der Waals surface area contributed by atoms with Gasteiger partial charge in [0.2, 0.25) is 5.91 Å². The Kier molecular flexibility index (Phi) is 6.38. The number of rotatable bonds is 9. The van der Waals surface area contributed by atoms with E-state index in [1.165, 1.54) is 30.5 Å². The lowest BCUT2D eigenvalue weighted by Gasteiger charge is -2.46. The van der Waals surface area contributed by atoms with Gasteiger partial charge in [-0.2, -0.15) is 8.78 Å². The summed E-state index contributed by atoms with van der Waals surface area (Å²) in [6.07, 6.45) is 3.51. The summed E-state index contributed by atoms with van der Waals surface area (Å²) in [6.45, 7) is -3.05. The van der Waals surface area contributed by atoms with Crippen molar-refractivity contribution in [3.8, 4) is 11.5 Å². The molecule has 0 aliphatic heterocycles. The van der Waals surface area contributed by atoms with E-state index in [1.54, 1.807) is 0 Å². The number of hydrogen-bond acceptors (Lipinski definition) is 5. The maximum atomic E-state index is 13.5. The first kappa shape index (κ1) is 23.2. The van der Waals surface area contributed by atoms with Crippen molar-refractivity contribution in [2.75, 3.05) is 6.61 Å². The van der Waals surface area contributed by atoms with E-state index in [2.05, 4.69) is 20.4 Å². The number of hydrogen-bond donors (Lipinski definition) is 2. The molecule has 0 atom stereocenters. The van der Waals surface area contributed by atoms with E-state index in [0.29, 0.717) is 31.4 Å². The van der Waals surface area contributed by atoms with Crippen LogP contribution in [0.1, 0.15) is 31.4 Å². The van der Waals surface area contributed by atoms with E-state index in [4.69, 9.17) is 16.3 Å². The Bertz CT molecular complexity index is 1050. The second-order valence-electron chi connectivity index (χ2n) is 8.37. The summed E-state index contributed by atoms with van der Waals surface area (Å²) in [6, 6.07) is 6.79. The van der Waals surface area contributed by atoms with Crippen LogP contribution in [-0.2, 0) is 16.1 Å². The normalized spacial score (nSPS) is 23.1. The summed E-state index contributed by atoms with van der Waals surface area (Å²) in [5, 5.41) is 5.74. The number of carbonyl (C=O) groups is 2. The average molecular weight is 484 g/mol. The van der Waals surface area contributed by atoms with Crippen molar-refractivity contribution in [3.05, 3.63) is 53.1 Å². The Labute approximate surface area is 192 Å². The number of ether oxygens (including phenoxy) is 2. The van der Waals surface area contributed by atoms with E-state index in [1.807, 2.05) is 0 Å². The zero-order chi connectivity index (χ0) is 23.6.